The lowest BCUT2D eigenvalue weighted by Gasteiger charge is -2.13. The highest BCUT2D eigenvalue weighted by atomic mass is 19.4. The van der Waals surface area contributed by atoms with E-state index >= 15 is 0 Å². The normalized spacial score (nSPS) is 11.1. The number of nitrogens with one attached hydrogen (secondary N) is 2. The smallest absolute Gasteiger partial charge is 0.416 e. The van der Waals surface area contributed by atoms with E-state index in [0.717, 1.165) is 29.0 Å². The zero-order valence-corrected chi connectivity index (χ0v) is 13.9. The van der Waals surface area contributed by atoms with Crippen molar-refractivity contribution in [2.24, 2.45) is 0 Å². The van der Waals surface area contributed by atoms with Gasteiger partial charge in [0.1, 0.15) is 12.4 Å². The molecule has 0 fully saturated rings. The molecule has 4 nitrogen and oxygen atoms in total. The molecule has 0 saturated carbocycles. The maximum absolute atomic E-state index is 12.6. The number of hydrogen-bond donors (Lipinski definition) is 2. The molecule has 2 aromatic carbocycles. The van der Waals surface area contributed by atoms with Gasteiger partial charge in [-0.1, -0.05) is 24.3 Å². The van der Waals surface area contributed by atoms with E-state index in [0.29, 0.717) is 0 Å². The number of amides is 2. The van der Waals surface area contributed by atoms with Crippen LogP contribution in [0.2, 0.25) is 0 Å². The van der Waals surface area contributed by atoms with Crippen LogP contribution in [-0.2, 0) is 6.18 Å². The van der Waals surface area contributed by atoms with Gasteiger partial charge in [0, 0.05) is 5.69 Å². The predicted molar refractivity (Wildman–Crippen MR) is 89.9 cm³/mol. The first-order chi connectivity index (χ1) is 11.8. The minimum absolute atomic E-state index is 0.0722. The van der Waals surface area contributed by atoms with E-state index < -0.39 is 17.8 Å². The monoisotopic (exact) mass is 352 g/mol. The van der Waals surface area contributed by atoms with Gasteiger partial charge in [-0.15, -0.1) is 0 Å². The van der Waals surface area contributed by atoms with Crippen molar-refractivity contribution in [2.45, 2.75) is 20.0 Å². The van der Waals surface area contributed by atoms with Gasteiger partial charge in [0.05, 0.1) is 12.1 Å². The predicted octanol–water partition coefficient (Wildman–Crippen LogP) is 4.52. The van der Waals surface area contributed by atoms with E-state index in [4.69, 9.17) is 4.74 Å². The summed E-state index contributed by atoms with van der Waals surface area (Å²) in [6.45, 7) is 4.33. The Hall–Kier alpha value is -2.70. The molecular formula is C18H19F3N2O2. The number of carbonyl (C=O) groups is 1. The Kier molecular flexibility index (Phi) is 5.90. The molecule has 0 aliphatic carbocycles. The van der Waals surface area contributed by atoms with E-state index in [1.54, 1.807) is 0 Å². The van der Waals surface area contributed by atoms with Crippen molar-refractivity contribution in [2.75, 3.05) is 18.5 Å². The quantitative estimate of drug-likeness (QED) is 0.777. The van der Waals surface area contributed by atoms with Gasteiger partial charge in [0.25, 0.3) is 0 Å². The lowest BCUT2D eigenvalue weighted by molar-refractivity contribution is -0.137. The summed E-state index contributed by atoms with van der Waals surface area (Å²) in [6.07, 6.45) is -4.45. The third-order valence-electron chi connectivity index (χ3n) is 3.49. The second-order valence-corrected chi connectivity index (χ2v) is 5.53. The largest absolute Gasteiger partial charge is 0.491 e. The van der Waals surface area contributed by atoms with Crippen molar-refractivity contribution in [1.82, 2.24) is 5.32 Å². The Balaban J connectivity index is 1.82. The summed E-state index contributed by atoms with van der Waals surface area (Å²) in [7, 11) is 0. The van der Waals surface area contributed by atoms with Crippen molar-refractivity contribution in [3.8, 4) is 5.75 Å². The number of benzene rings is 2. The summed E-state index contributed by atoms with van der Waals surface area (Å²) in [5, 5.41) is 4.91. The van der Waals surface area contributed by atoms with Crippen LogP contribution in [0.3, 0.4) is 0 Å². The number of halogens is 3. The number of carbonyl (C=O) groups excluding carboxylic acids is 1. The third-order valence-corrected chi connectivity index (χ3v) is 3.49. The molecule has 7 heteroatoms. The Labute approximate surface area is 144 Å². The molecule has 0 aliphatic rings. The summed E-state index contributed by atoms with van der Waals surface area (Å²) >= 11 is 0. The van der Waals surface area contributed by atoms with Gasteiger partial charge in [-0.05, 0) is 43.2 Å². The molecule has 0 bridgehead atoms. The van der Waals surface area contributed by atoms with Crippen molar-refractivity contribution >= 4 is 11.7 Å². The average molecular weight is 352 g/mol. The van der Waals surface area contributed by atoms with Crippen LogP contribution < -0.4 is 15.4 Å². The Bertz CT molecular complexity index is 725. The van der Waals surface area contributed by atoms with Gasteiger partial charge in [0.15, 0.2) is 0 Å². The summed E-state index contributed by atoms with van der Waals surface area (Å²) in [5.74, 6) is 0.766. The number of alkyl halides is 3. The van der Waals surface area contributed by atoms with Crippen molar-refractivity contribution in [3.63, 3.8) is 0 Å². The maximum atomic E-state index is 12.6. The minimum Gasteiger partial charge on any atom is -0.491 e. The fraction of sp³-hybridized carbons (Fsp3) is 0.278. The Morgan fingerprint density at radius 1 is 1.08 bits per heavy atom. The van der Waals surface area contributed by atoms with E-state index in [9.17, 15) is 18.0 Å². The Morgan fingerprint density at radius 3 is 2.36 bits per heavy atom. The van der Waals surface area contributed by atoms with Crippen molar-refractivity contribution < 1.29 is 22.7 Å². The first kappa shape index (κ1) is 18.6. The molecule has 25 heavy (non-hydrogen) atoms. The molecule has 0 unspecified atom stereocenters. The van der Waals surface area contributed by atoms with Crippen LogP contribution in [0.1, 0.15) is 16.7 Å². The molecule has 0 saturated heterocycles. The van der Waals surface area contributed by atoms with E-state index in [1.165, 1.54) is 12.1 Å². The topological polar surface area (TPSA) is 50.4 Å². The molecule has 0 spiro atoms. The average Bonchev–Trinajstić information content (AvgIpc) is 2.53. The van der Waals surface area contributed by atoms with Crippen LogP contribution in [-0.4, -0.2) is 19.2 Å². The van der Waals surface area contributed by atoms with Gasteiger partial charge in [-0.2, -0.15) is 13.2 Å². The SMILES string of the molecule is Cc1cccc(C)c1OCCNC(=O)Nc1cccc(C(F)(F)F)c1. The zero-order chi connectivity index (χ0) is 18.4. The van der Waals surface area contributed by atoms with Crippen molar-refractivity contribution in [1.29, 1.82) is 0 Å². The summed E-state index contributed by atoms with van der Waals surface area (Å²) in [5.41, 5.74) is 1.24. The second kappa shape index (κ2) is 7.92. The zero-order valence-electron chi connectivity index (χ0n) is 13.9. The summed E-state index contributed by atoms with van der Waals surface area (Å²) < 4.78 is 43.5. The van der Waals surface area contributed by atoms with E-state index in [-0.39, 0.29) is 18.8 Å². The highest BCUT2D eigenvalue weighted by Gasteiger charge is 2.30. The van der Waals surface area contributed by atoms with Crippen LogP contribution in [0.15, 0.2) is 42.5 Å². The molecule has 2 N–H and O–H groups in total. The molecule has 2 rings (SSSR count). The van der Waals surface area contributed by atoms with Gasteiger partial charge in [-0.25, -0.2) is 4.79 Å². The molecule has 134 valence electrons. The number of ether oxygens (including phenoxy) is 1. The van der Waals surface area contributed by atoms with E-state index in [2.05, 4.69) is 10.6 Å². The molecule has 0 atom stereocenters. The van der Waals surface area contributed by atoms with Crippen LogP contribution in [0.4, 0.5) is 23.7 Å². The van der Waals surface area contributed by atoms with Crippen LogP contribution in [0.25, 0.3) is 0 Å². The second-order valence-electron chi connectivity index (χ2n) is 5.53. The lowest BCUT2D eigenvalue weighted by Crippen LogP contribution is -2.32. The van der Waals surface area contributed by atoms with Gasteiger partial charge in [0.2, 0.25) is 0 Å². The lowest BCUT2D eigenvalue weighted by atomic mass is 10.1. The summed E-state index contributed by atoms with van der Waals surface area (Å²) in [6, 6.07) is 9.65. The number of urea groups is 1. The summed E-state index contributed by atoms with van der Waals surface area (Å²) in [4.78, 5) is 11.8. The fourth-order valence-electron chi connectivity index (χ4n) is 2.29. The van der Waals surface area contributed by atoms with Crippen molar-refractivity contribution in [3.05, 3.63) is 59.2 Å². The number of hydrogen-bond acceptors (Lipinski definition) is 2. The number of anilines is 1. The number of para-hydroxylation sites is 1. The molecule has 0 aliphatic heterocycles. The van der Waals surface area contributed by atoms with Gasteiger partial charge in [-0.3, -0.25) is 0 Å². The highest BCUT2D eigenvalue weighted by molar-refractivity contribution is 5.89. The molecule has 0 aromatic heterocycles. The Morgan fingerprint density at radius 2 is 1.72 bits per heavy atom. The van der Waals surface area contributed by atoms with Gasteiger partial charge < -0.3 is 15.4 Å². The molecule has 0 radical (unpaired) electrons. The van der Waals surface area contributed by atoms with Crippen LogP contribution >= 0.6 is 0 Å². The highest BCUT2D eigenvalue weighted by Crippen LogP contribution is 2.30. The molecule has 0 heterocycles. The van der Waals surface area contributed by atoms with Crippen LogP contribution in [0.5, 0.6) is 5.75 Å². The van der Waals surface area contributed by atoms with Crippen LogP contribution in [0, 0.1) is 13.8 Å². The third kappa shape index (κ3) is 5.41. The molecule has 2 aromatic rings. The van der Waals surface area contributed by atoms with E-state index in [1.807, 2.05) is 32.0 Å². The molecule has 2 amide bonds. The standard InChI is InChI=1S/C18H19F3N2O2/c1-12-5-3-6-13(2)16(12)25-10-9-22-17(24)23-15-8-4-7-14(11-15)18(19,20)21/h3-8,11H,9-10H2,1-2H3,(H2,22,23,24). The minimum atomic E-state index is -4.45. The number of rotatable bonds is 5. The fourth-order valence-corrected chi connectivity index (χ4v) is 2.29. The number of aryl methyl sites for hydroxylation is 2. The van der Waals surface area contributed by atoms with Gasteiger partial charge >= 0.3 is 12.2 Å². The first-order valence-electron chi connectivity index (χ1n) is 7.68. The first-order valence-corrected chi connectivity index (χ1v) is 7.68. The maximum Gasteiger partial charge on any atom is 0.416 e. The molecular weight excluding hydrogens is 333 g/mol.